The van der Waals surface area contributed by atoms with Crippen molar-refractivity contribution in [3.05, 3.63) is 46.0 Å². The summed E-state index contributed by atoms with van der Waals surface area (Å²) in [6.07, 6.45) is 6.40. The Morgan fingerprint density at radius 3 is 2.86 bits per heavy atom. The first-order valence-corrected chi connectivity index (χ1v) is 7.22. The van der Waals surface area contributed by atoms with Gasteiger partial charge >= 0.3 is 0 Å². The van der Waals surface area contributed by atoms with Gasteiger partial charge in [0.25, 0.3) is 5.69 Å². The quantitative estimate of drug-likeness (QED) is 0.517. The Labute approximate surface area is 123 Å². The average molecular weight is 285 g/mol. The van der Waals surface area contributed by atoms with E-state index in [1.165, 1.54) is 18.1 Å². The summed E-state index contributed by atoms with van der Waals surface area (Å²) in [4.78, 5) is 10.5. The number of fused-ring (bicyclic) bond motifs is 1. The van der Waals surface area contributed by atoms with Crippen molar-refractivity contribution in [2.75, 3.05) is 5.43 Å². The third-order valence-corrected chi connectivity index (χ3v) is 5.01. The van der Waals surface area contributed by atoms with Crippen molar-refractivity contribution in [2.45, 2.75) is 26.7 Å². The van der Waals surface area contributed by atoms with Gasteiger partial charge in [0.15, 0.2) is 0 Å². The molecule has 4 rings (SSSR count). The normalized spacial score (nSPS) is 26.1. The van der Waals surface area contributed by atoms with Crippen LogP contribution in [0.5, 0.6) is 0 Å². The smallest absolute Gasteiger partial charge is 0.272 e. The van der Waals surface area contributed by atoms with E-state index in [1.807, 2.05) is 6.21 Å². The van der Waals surface area contributed by atoms with Crippen LogP contribution in [0.3, 0.4) is 0 Å². The maximum absolute atomic E-state index is 10.9. The molecule has 5 heteroatoms. The van der Waals surface area contributed by atoms with Gasteiger partial charge in [-0.25, -0.2) is 0 Å². The van der Waals surface area contributed by atoms with Gasteiger partial charge in [-0.15, -0.1) is 0 Å². The zero-order chi connectivity index (χ0) is 15.0. The van der Waals surface area contributed by atoms with Crippen LogP contribution in [0.2, 0.25) is 0 Å². The second-order valence-corrected chi connectivity index (χ2v) is 6.39. The molecular weight excluding hydrogens is 266 g/mol. The summed E-state index contributed by atoms with van der Waals surface area (Å²) in [6, 6.07) is 6.53. The van der Waals surface area contributed by atoms with Crippen molar-refractivity contribution in [3.8, 4) is 0 Å². The van der Waals surface area contributed by atoms with E-state index < -0.39 is 4.92 Å². The second kappa shape index (κ2) is 4.98. The number of hydrazone groups is 1. The molecule has 2 bridgehead atoms. The fraction of sp³-hybridized carbons (Fsp3) is 0.438. The Kier molecular flexibility index (Phi) is 3.27. The highest BCUT2D eigenvalue weighted by atomic mass is 16.6. The molecule has 0 aliphatic heterocycles. The van der Waals surface area contributed by atoms with Crippen LogP contribution < -0.4 is 5.43 Å². The molecule has 1 fully saturated rings. The first kappa shape index (κ1) is 13.8. The van der Waals surface area contributed by atoms with Crippen molar-refractivity contribution < 1.29 is 4.92 Å². The highest BCUT2D eigenvalue weighted by Crippen LogP contribution is 2.58. The van der Waals surface area contributed by atoms with Gasteiger partial charge in [-0.3, -0.25) is 15.5 Å². The molecule has 0 aromatic heterocycles. The number of nitro groups is 1. The lowest BCUT2D eigenvalue weighted by Crippen LogP contribution is -2.48. The minimum atomic E-state index is -0.405. The van der Waals surface area contributed by atoms with Crippen LogP contribution in [0.1, 0.15) is 26.7 Å². The van der Waals surface area contributed by atoms with Crippen molar-refractivity contribution in [1.82, 2.24) is 0 Å². The Balaban J connectivity index is 1.71. The maximum atomic E-state index is 10.9. The van der Waals surface area contributed by atoms with Crippen LogP contribution in [0.25, 0.3) is 0 Å². The molecule has 0 heterocycles. The monoisotopic (exact) mass is 285 g/mol. The molecule has 21 heavy (non-hydrogen) atoms. The Morgan fingerprint density at radius 2 is 2.19 bits per heavy atom. The minimum Gasteiger partial charge on any atom is -0.272 e. The molecule has 5 nitrogen and oxygen atoms in total. The Hall–Kier alpha value is -2.17. The van der Waals surface area contributed by atoms with Crippen LogP contribution in [0.15, 0.2) is 41.0 Å². The minimum absolute atomic E-state index is 0.0383. The van der Waals surface area contributed by atoms with Crippen molar-refractivity contribution in [1.29, 1.82) is 0 Å². The fourth-order valence-corrected chi connectivity index (χ4v) is 3.45. The summed E-state index contributed by atoms with van der Waals surface area (Å²) in [5.41, 5.74) is 4.85. The molecule has 0 radical (unpaired) electrons. The van der Waals surface area contributed by atoms with E-state index in [4.69, 9.17) is 0 Å². The third kappa shape index (κ3) is 2.33. The SMILES string of the molecule is CC1(C)[C@H]2CC=C(/C=N\Nc3ccccc3[N+](=O)[O-])[C@@H]1C2. The van der Waals surface area contributed by atoms with Gasteiger partial charge in [-0.1, -0.05) is 32.1 Å². The van der Waals surface area contributed by atoms with Crippen LogP contribution >= 0.6 is 0 Å². The maximum Gasteiger partial charge on any atom is 0.294 e. The first-order valence-electron chi connectivity index (χ1n) is 7.22. The van der Waals surface area contributed by atoms with Gasteiger partial charge in [0.1, 0.15) is 5.69 Å². The standard InChI is InChI=1S/C16H19N3O2/c1-16(2)12-8-7-11(13(16)9-12)10-17-18-14-5-3-4-6-15(14)19(20)21/h3-7,10,12-13,18H,8-9H2,1-2H3/b17-10-/t12-,13-/m0/s1. The number of hydrogen-bond acceptors (Lipinski definition) is 4. The van der Waals surface area contributed by atoms with Crippen molar-refractivity contribution in [3.63, 3.8) is 0 Å². The van der Waals surface area contributed by atoms with E-state index in [1.54, 1.807) is 18.2 Å². The molecule has 0 saturated heterocycles. The van der Waals surface area contributed by atoms with Crippen LogP contribution in [0.4, 0.5) is 11.4 Å². The van der Waals surface area contributed by atoms with E-state index in [2.05, 4.69) is 30.5 Å². The largest absolute Gasteiger partial charge is 0.294 e. The molecule has 1 N–H and O–H groups in total. The van der Waals surface area contributed by atoms with Gasteiger partial charge in [0.2, 0.25) is 0 Å². The number of nitro benzene ring substituents is 1. The van der Waals surface area contributed by atoms with Crippen molar-refractivity contribution >= 4 is 17.6 Å². The van der Waals surface area contributed by atoms with E-state index in [0.717, 1.165) is 12.3 Å². The summed E-state index contributed by atoms with van der Waals surface area (Å²) in [6.45, 7) is 4.62. The summed E-state index contributed by atoms with van der Waals surface area (Å²) >= 11 is 0. The lowest BCUT2D eigenvalue weighted by atomic mass is 9.49. The van der Waals surface area contributed by atoms with Gasteiger partial charge in [-0.05, 0) is 41.7 Å². The second-order valence-electron chi connectivity index (χ2n) is 6.39. The van der Waals surface area contributed by atoms with Gasteiger partial charge < -0.3 is 0 Å². The van der Waals surface area contributed by atoms with E-state index in [-0.39, 0.29) is 5.69 Å². The topological polar surface area (TPSA) is 67.5 Å². The van der Waals surface area contributed by atoms with Gasteiger partial charge in [0.05, 0.1) is 11.1 Å². The molecule has 1 aromatic rings. The molecule has 3 aliphatic rings. The van der Waals surface area contributed by atoms with E-state index in [0.29, 0.717) is 17.0 Å². The van der Waals surface area contributed by atoms with Crippen LogP contribution in [-0.2, 0) is 0 Å². The fourth-order valence-electron chi connectivity index (χ4n) is 3.45. The molecule has 0 spiro atoms. The summed E-state index contributed by atoms with van der Waals surface area (Å²) in [5, 5.41) is 15.1. The Bertz CT molecular complexity index is 634. The number of benzene rings is 1. The number of nitrogens with zero attached hydrogens (tertiary/aromatic N) is 2. The highest BCUT2D eigenvalue weighted by Gasteiger charge is 2.50. The van der Waals surface area contributed by atoms with E-state index in [9.17, 15) is 10.1 Å². The van der Waals surface area contributed by atoms with Crippen molar-refractivity contribution in [2.24, 2.45) is 22.4 Å². The Morgan fingerprint density at radius 1 is 1.43 bits per heavy atom. The number of hydrogen-bond donors (Lipinski definition) is 1. The molecule has 3 aliphatic carbocycles. The molecule has 1 saturated carbocycles. The molecule has 0 unspecified atom stereocenters. The number of rotatable bonds is 4. The summed E-state index contributed by atoms with van der Waals surface area (Å²) < 4.78 is 0. The molecule has 2 atom stereocenters. The first-order chi connectivity index (χ1) is 10.00. The predicted octanol–water partition coefficient (Wildman–Crippen LogP) is 3.98. The number of nitrogens with one attached hydrogen (secondary N) is 1. The number of para-hydroxylation sites is 2. The van der Waals surface area contributed by atoms with Crippen LogP contribution in [-0.4, -0.2) is 11.1 Å². The van der Waals surface area contributed by atoms with Gasteiger partial charge in [-0.2, -0.15) is 5.10 Å². The summed E-state index contributed by atoms with van der Waals surface area (Å²) in [5.74, 6) is 1.36. The average Bonchev–Trinajstić information content (AvgIpc) is 2.47. The highest BCUT2D eigenvalue weighted by molar-refractivity contribution is 5.81. The van der Waals surface area contributed by atoms with Crippen LogP contribution in [0, 0.1) is 27.4 Å². The summed E-state index contributed by atoms with van der Waals surface area (Å²) in [7, 11) is 0. The number of anilines is 1. The predicted molar refractivity (Wildman–Crippen MR) is 83.3 cm³/mol. The zero-order valence-electron chi connectivity index (χ0n) is 12.2. The molecule has 110 valence electrons. The number of allylic oxidation sites excluding steroid dienone is 2. The lowest BCUT2D eigenvalue weighted by molar-refractivity contribution is -0.384. The van der Waals surface area contributed by atoms with Gasteiger partial charge in [0, 0.05) is 6.07 Å². The molecule has 0 amide bonds. The lowest BCUT2D eigenvalue weighted by Gasteiger charge is -2.55. The van der Waals surface area contributed by atoms with E-state index >= 15 is 0 Å². The molecule has 1 aromatic carbocycles. The zero-order valence-corrected chi connectivity index (χ0v) is 12.2. The third-order valence-electron chi connectivity index (χ3n) is 5.01. The molecular formula is C16H19N3O2.